The molecule has 3 heteroatoms. The first-order chi connectivity index (χ1) is 6.34. The van der Waals surface area contributed by atoms with E-state index in [0.717, 1.165) is 19.4 Å². The minimum Gasteiger partial charge on any atom is -0.465 e. The average molecular weight is 201 g/mol. The van der Waals surface area contributed by atoms with E-state index in [4.69, 9.17) is 4.74 Å². The molecule has 0 saturated heterocycles. The highest BCUT2D eigenvalue weighted by molar-refractivity contribution is 5.75. The minimum atomic E-state index is -0.373. The van der Waals surface area contributed by atoms with E-state index in [9.17, 15) is 4.79 Å². The summed E-state index contributed by atoms with van der Waals surface area (Å²) in [7, 11) is 4.09. The quantitative estimate of drug-likeness (QED) is 0.503. The lowest BCUT2D eigenvalue weighted by molar-refractivity contribution is -0.153. The summed E-state index contributed by atoms with van der Waals surface area (Å²) in [5.41, 5.74) is -0.373. The molecule has 3 nitrogen and oxygen atoms in total. The zero-order chi connectivity index (χ0) is 11.2. The molecular weight excluding hydrogens is 178 g/mol. The minimum absolute atomic E-state index is 0.109. The first-order valence-electron chi connectivity index (χ1n) is 5.16. The molecule has 0 rings (SSSR count). The van der Waals surface area contributed by atoms with E-state index in [1.54, 1.807) is 0 Å². The van der Waals surface area contributed by atoms with E-state index in [2.05, 4.69) is 4.90 Å². The van der Waals surface area contributed by atoms with Gasteiger partial charge >= 0.3 is 5.97 Å². The van der Waals surface area contributed by atoms with Crippen LogP contribution in [0.5, 0.6) is 0 Å². The molecule has 0 radical (unpaired) electrons. The van der Waals surface area contributed by atoms with Crippen LogP contribution in [0.4, 0.5) is 0 Å². The van der Waals surface area contributed by atoms with Gasteiger partial charge in [-0.2, -0.15) is 0 Å². The fourth-order valence-corrected chi connectivity index (χ4v) is 0.911. The highest BCUT2D eigenvalue weighted by Crippen LogP contribution is 2.15. The summed E-state index contributed by atoms with van der Waals surface area (Å²) in [5, 5.41) is 0. The Kier molecular flexibility index (Phi) is 5.77. The standard InChI is InChI=1S/C11H23NO2/c1-11(2,3)10(13)14-9-7-6-8-12(4)5/h6-9H2,1-5H3. The van der Waals surface area contributed by atoms with Crippen molar-refractivity contribution < 1.29 is 9.53 Å². The molecule has 84 valence electrons. The molecule has 0 heterocycles. The molecule has 0 atom stereocenters. The highest BCUT2D eigenvalue weighted by Gasteiger charge is 2.22. The number of unbranched alkanes of at least 4 members (excludes halogenated alkanes) is 1. The lowest BCUT2D eigenvalue weighted by Gasteiger charge is -2.16. The molecule has 0 aromatic rings. The van der Waals surface area contributed by atoms with Crippen LogP contribution in [0.2, 0.25) is 0 Å². The van der Waals surface area contributed by atoms with Crippen molar-refractivity contribution in [1.29, 1.82) is 0 Å². The van der Waals surface area contributed by atoms with Crippen LogP contribution in [0, 0.1) is 5.41 Å². The fraction of sp³-hybridized carbons (Fsp3) is 0.909. The zero-order valence-corrected chi connectivity index (χ0v) is 10.1. The third-order valence-corrected chi connectivity index (χ3v) is 1.85. The molecule has 0 spiro atoms. The monoisotopic (exact) mass is 201 g/mol. The second kappa shape index (κ2) is 6.02. The van der Waals surface area contributed by atoms with E-state index in [1.807, 2.05) is 34.9 Å². The summed E-state index contributed by atoms with van der Waals surface area (Å²) in [5.74, 6) is -0.109. The molecule has 0 unspecified atom stereocenters. The van der Waals surface area contributed by atoms with Crippen molar-refractivity contribution in [3.8, 4) is 0 Å². The Hall–Kier alpha value is -0.570. The van der Waals surface area contributed by atoms with Crippen LogP contribution < -0.4 is 0 Å². The van der Waals surface area contributed by atoms with E-state index in [0.29, 0.717) is 6.61 Å². The molecule has 0 aliphatic carbocycles. The maximum atomic E-state index is 11.3. The van der Waals surface area contributed by atoms with Crippen molar-refractivity contribution in [2.75, 3.05) is 27.2 Å². The van der Waals surface area contributed by atoms with Gasteiger partial charge in [0, 0.05) is 0 Å². The van der Waals surface area contributed by atoms with Crippen LogP contribution >= 0.6 is 0 Å². The van der Waals surface area contributed by atoms with Crippen LogP contribution in [0.1, 0.15) is 33.6 Å². The smallest absolute Gasteiger partial charge is 0.311 e. The molecule has 0 fully saturated rings. The number of nitrogens with zero attached hydrogens (tertiary/aromatic N) is 1. The summed E-state index contributed by atoms with van der Waals surface area (Å²) < 4.78 is 5.13. The van der Waals surface area contributed by atoms with Crippen molar-refractivity contribution in [1.82, 2.24) is 4.90 Å². The van der Waals surface area contributed by atoms with E-state index in [-0.39, 0.29) is 11.4 Å². The van der Waals surface area contributed by atoms with Gasteiger partial charge in [0.2, 0.25) is 0 Å². The third-order valence-electron chi connectivity index (χ3n) is 1.85. The molecule has 0 N–H and O–H groups in total. The number of carbonyl (C=O) groups is 1. The Labute approximate surface area is 87.4 Å². The number of hydrogen-bond donors (Lipinski definition) is 0. The Morgan fingerprint density at radius 1 is 1.21 bits per heavy atom. The second-order valence-corrected chi connectivity index (χ2v) is 4.90. The Bertz CT molecular complexity index is 171. The van der Waals surface area contributed by atoms with Crippen LogP contribution in [0.15, 0.2) is 0 Å². The van der Waals surface area contributed by atoms with E-state index < -0.39 is 0 Å². The highest BCUT2D eigenvalue weighted by atomic mass is 16.5. The molecule has 0 saturated carbocycles. The van der Waals surface area contributed by atoms with Crippen molar-refractivity contribution in [2.24, 2.45) is 5.41 Å². The van der Waals surface area contributed by atoms with Crippen LogP contribution in [0.25, 0.3) is 0 Å². The molecule has 0 aliphatic rings. The lowest BCUT2D eigenvalue weighted by Crippen LogP contribution is -2.23. The second-order valence-electron chi connectivity index (χ2n) is 4.90. The molecule has 0 bridgehead atoms. The van der Waals surface area contributed by atoms with Gasteiger partial charge in [0.15, 0.2) is 0 Å². The van der Waals surface area contributed by atoms with Gasteiger partial charge < -0.3 is 9.64 Å². The van der Waals surface area contributed by atoms with Crippen molar-refractivity contribution >= 4 is 5.97 Å². The van der Waals surface area contributed by atoms with Gasteiger partial charge in [-0.3, -0.25) is 4.79 Å². The van der Waals surface area contributed by atoms with Gasteiger partial charge in [-0.1, -0.05) is 0 Å². The Balaban J connectivity index is 3.42. The first kappa shape index (κ1) is 13.4. The zero-order valence-electron chi connectivity index (χ0n) is 10.1. The molecule has 14 heavy (non-hydrogen) atoms. The van der Waals surface area contributed by atoms with Crippen LogP contribution in [-0.2, 0) is 9.53 Å². The van der Waals surface area contributed by atoms with Gasteiger partial charge in [-0.05, 0) is 54.3 Å². The predicted molar refractivity (Wildman–Crippen MR) is 58.2 cm³/mol. The molecule has 0 aromatic carbocycles. The Morgan fingerprint density at radius 2 is 1.79 bits per heavy atom. The summed E-state index contributed by atoms with van der Waals surface area (Å²) in [6, 6.07) is 0. The van der Waals surface area contributed by atoms with Crippen LogP contribution in [-0.4, -0.2) is 38.1 Å². The first-order valence-corrected chi connectivity index (χ1v) is 5.16. The van der Waals surface area contributed by atoms with Gasteiger partial charge in [-0.15, -0.1) is 0 Å². The van der Waals surface area contributed by atoms with Gasteiger partial charge in [0.25, 0.3) is 0 Å². The topological polar surface area (TPSA) is 29.5 Å². The van der Waals surface area contributed by atoms with Crippen molar-refractivity contribution in [3.63, 3.8) is 0 Å². The summed E-state index contributed by atoms with van der Waals surface area (Å²) in [4.78, 5) is 13.5. The predicted octanol–water partition coefficient (Wildman–Crippen LogP) is 1.92. The number of ether oxygens (including phenoxy) is 1. The third kappa shape index (κ3) is 6.89. The molecule has 0 amide bonds. The average Bonchev–Trinajstić information content (AvgIpc) is 2.01. The largest absolute Gasteiger partial charge is 0.465 e. The normalized spacial score (nSPS) is 11.9. The van der Waals surface area contributed by atoms with Gasteiger partial charge in [0.05, 0.1) is 12.0 Å². The summed E-state index contributed by atoms with van der Waals surface area (Å²) in [6.07, 6.45) is 2.02. The molecule has 0 aromatic heterocycles. The number of rotatable bonds is 5. The van der Waals surface area contributed by atoms with Crippen molar-refractivity contribution in [2.45, 2.75) is 33.6 Å². The van der Waals surface area contributed by atoms with Crippen molar-refractivity contribution in [3.05, 3.63) is 0 Å². The maximum absolute atomic E-state index is 11.3. The molecule has 0 aliphatic heterocycles. The van der Waals surface area contributed by atoms with E-state index in [1.165, 1.54) is 0 Å². The maximum Gasteiger partial charge on any atom is 0.311 e. The molecular formula is C11H23NO2. The SMILES string of the molecule is CN(C)CCCCOC(=O)C(C)(C)C. The number of esters is 1. The van der Waals surface area contributed by atoms with Gasteiger partial charge in [0.1, 0.15) is 0 Å². The fourth-order valence-electron chi connectivity index (χ4n) is 0.911. The van der Waals surface area contributed by atoms with Gasteiger partial charge in [-0.25, -0.2) is 0 Å². The Morgan fingerprint density at radius 3 is 2.21 bits per heavy atom. The lowest BCUT2D eigenvalue weighted by atomic mass is 9.97. The number of hydrogen-bond acceptors (Lipinski definition) is 3. The summed E-state index contributed by atoms with van der Waals surface area (Å²) in [6.45, 7) is 7.20. The van der Waals surface area contributed by atoms with Crippen LogP contribution in [0.3, 0.4) is 0 Å². The van der Waals surface area contributed by atoms with E-state index >= 15 is 0 Å². The number of carbonyl (C=O) groups excluding carboxylic acids is 1. The summed E-state index contributed by atoms with van der Waals surface area (Å²) >= 11 is 0.